The van der Waals surface area contributed by atoms with Crippen LogP contribution in [0.15, 0.2) is 53.4 Å². The minimum atomic E-state index is -3.90. The molecule has 0 spiro atoms. The van der Waals surface area contributed by atoms with E-state index < -0.39 is 15.8 Å². The molecule has 1 amide bonds. The van der Waals surface area contributed by atoms with Crippen molar-refractivity contribution in [3.8, 4) is 0 Å². The predicted molar refractivity (Wildman–Crippen MR) is 96.9 cm³/mol. The van der Waals surface area contributed by atoms with Crippen molar-refractivity contribution in [3.05, 3.63) is 65.5 Å². The molecule has 0 atom stereocenters. The van der Waals surface area contributed by atoms with Crippen LogP contribution in [0.5, 0.6) is 0 Å². The summed E-state index contributed by atoms with van der Waals surface area (Å²) in [4.78, 5) is 13.9. The van der Waals surface area contributed by atoms with Gasteiger partial charge in [-0.15, -0.1) is 0 Å². The Balaban J connectivity index is 1.68. The molecule has 0 unspecified atom stereocenters. The number of hydrogen-bond acceptors (Lipinski definition) is 3. The van der Waals surface area contributed by atoms with Crippen molar-refractivity contribution in [2.45, 2.75) is 18.2 Å². The molecule has 0 saturated carbocycles. The Labute approximate surface area is 153 Å². The van der Waals surface area contributed by atoms with Gasteiger partial charge in [0, 0.05) is 31.7 Å². The lowest BCUT2D eigenvalue weighted by atomic mass is 10.1. The van der Waals surface area contributed by atoms with Crippen molar-refractivity contribution >= 4 is 15.9 Å². The van der Waals surface area contributed by atoms with E-state index in [-0.39, 0.29) is 37.0 Å². The fourth-order valence-corrected chi connectivity index (χ4v) is 4.48. The molecule has 138 valence electrons. The maximum Gasteiger partial charge on any atom is 0.253 e. The van der Waals surface area contributed by atoms with E-state index in [9.17, 15) is 17.6 Å². The first kappa shape index (κ1) is 18.5. The molecule has 0 bridgehead atoms. The average molecular weight is 376 g/mol. The minimum Gasteiger partial charge on any atom is -0.336 e. The number of hydrogen-bond donors (Lipinski definition) is 0. The zero-order valence-corrected chi connectivity index (χ0v) is 15.4. The first-order valence-corrected chi connectivity index (χ1v) is 10.0. The maximum atomic E-state index is 13.9. The molecular formula is C19H21FN2O3S. The zero-order chi connectivity index (χ0) is 18.7. The summed E-state index contributed by atoms with van der Waals surface area (Å²) >= 11 is 0. The number of piperazine rings is 1. The smallest absolute Gasteiger partial charge is 0.253 e. The first-order chi connectivity index (χ1) is 12.4. The van der Waals surface area contributed by atoms with E-state index in [1.165, 1.54) is 22.5 Å². The lowest BCUT2D eigenvalue weighted by Crippen LogP contribution is -2.50. The molecular weight excluding hydrogens is 355 g/mol. The average Bonchev–Trinajstić information content (AvgIpc) is 2.68. The summed E-state index contributed by atoms with van der Waals surface area (Å²) in [6.45, 7) is 2.90. The number of benzene rings is 2. The Hall–Kier alpha value is -2.25. The number of amides is 1. The topological polar surface area (TPSA) is 57.7 Å². The SMILES string of the molecule is CCc1ccc(C(=O)N2CCN(S(=O)(=O)c3ccccc3F)CC2)cc1. The highest BCUT2D eigenvalue weighted by molar-refractivity contribution is 7.89. The summed E-state index contributed by atoms with van der Waals surface area (Å²) in [5, 5.41) is 0. The summed E-state index contributed by atoms with van der Waals surface area (Å²) in [6, 6.07) is 12.8. The Morgan fingerprint density at radius 3 is 2.19 bits per heavy atom. The van der Waals surface area contributed by atoms with E-state index in [0.29, 0.717) is 5.56 Å². The first-order valence-electron chi connectivity index (χ1n) is 8.56. The molecule has 1 fully saturated rings. The van der Waals surface area contributed by atoms with Crippen LogP contribution < -0.4 is 0 Å². The van der Waals surface area contributed by atoms with Crippen LogP contribution in [-0.2, 0) is 16.4 Å². The molecule has 0 aliphatic carbocycles. The summed E-state index contributed by atoms with van der Waals surface area (Å²) in [7, 11) is -3.90. The van der Waals surface area contributed by atoms with E-state index in [2.05, 4.69) is 0 Å². The highest BCUT2D eigenvalue weighted by Crippen LogP contribution is 2.21. The van der Waals surface area contributed by atoms with Crippen LogP contribution in [0.25, 0.3) is 0 Å². The molecule has 7 heteroatoms. The van der Waals surface area contributed by atoms with Crippen LogP contribution in [-0.4, -0.2) is 49.7 Å². The number of sulfonamides is 1. The highest BCUT2D eigenvalue weighted by Gasteiger charge is 2.31. The van der Waals surface area contributed by atoms with Crippen LogP contribution in [0.4, 0.5) is 4.39 Å². The molecule has 1 saturated heterocycles. The maximum absolute atomic E-state index is 13.9. The quantitative estimate of drug-likeness (QED) is 0.824. The summed E-state index contributed by atoms with van der Waals surface area (Å²) in [6.07, 6.45) is 0.904. The van der Waals surface area contributed by atoms with Gasteiger partial charge in [0.05, 0.1) is 0 Å². The number of aryl methyl sites for hydroxylation is 1. The molecule has 2 aromatic rings. The van der Waals surface area contributed by atoms with Crippen molar-refractivity contribution in [1.29, 1.82) is 0 Å². The van der Waals surface area contributed by atoms with E-state index in [0.717, 1.165) is 18.1 Å². The Kier molecular flexibility index (Phi) is 5.38. The lowest BCUT2D eigenvalue weighted by Gasteiger charge is -2.34. The van der Waals surface area contributed by atoms with E-state index >= 15 is 0 Å². The number of nitrogens with zero attached hydrogens (tertiary/aromatic N) is 2. The molecule has 26 heavy (non-hydrogen) atoms. The predicted octanol–water partition coefficient (Wildman–Crippen LogP) is 2.53. The summed E-state index contributed by atoms with van der Waals surface area (Å²) in [5.74, 6) is -0.877. The zero-order valence-electron chi connectivity index (χ0n) is 14.6. The second-order valence-corrected chi connectivity index (χ2v) is 8.08. The highest BCUT2D eigenvalue weighted by atomic mass is 32.2. The van der Waals surface area contributed by atoms with Crippen molar-refractivity contribution in [1.82, 2.24) is 9.21 Å². The Bertz CT molecular complexity index is 889. The molecule has 0 N–H and O–H groups in total. The largest absolute Gasteiger partial charge is 0.336 e. The van der Waals surface area contributed by atoms with Gasteiger partial charge in [-0.1, -0.05) is 31.2 Å². The van der Waals surface area contributed by atoms with Crippen molar-refractivity contribution in [2.75, 3.05) is 26.2 Å². The molecule has 1 aliphatic rings. The van der Waals surface area contributed by atoms with Gasteiger partial charge in [0.15, 0.2) is 0 Å². The monoisotopic (exact) mass is 376 g/mol. The second kappa shape index (κ2) is 7.55. The van der Waals surface area contributed by atoms with Crippen LogP contribution in [0.3, 0.4) is 0 Å². The molecule has 2 aromatic carbocycles. The van der Waals surface area contributed by atoms with Gasteiger partial charge in [-0.25, -0.2) is 12.8 Å². The number of halogens is 1. The van der Waals surface area contributed by atoms with Gasteiger partial charge in [0.1, 0.15) is 10.7 Å². The Morgan fingerprint density at radius 2 is 1.62 bits per heavy atom. The Morgan fingerprint density at radius 1 is 1.00 bits per heavy atom. The van der Waals surface area contributed by atoms with Gasteiger partial charge in [-0.2, -0.15) is 4.31 Å². The van der Waals surface area contributed by atoms with Gasteiger partial charge < -0.3 is 4.90 Å². The van der Waals surface area contributed by atoms with E-state index in [4.69, 9.17) is 0 Å². The van der Waals surface area contributed by atoms with Gasteiger partial charge in [-0.05, 0) is 36.2 Å². The summed E-state index contributed by atoms with van der Waals surface area (Å²) in [5.41, 5.74) is 1.75. The third-order valence-electron chi connectivity index (χ3n) is 4.59. The molecule has 5 nitrogen and oxygen atoms in total. The van der Waals surface area contributed by atoms with Crippen LogP contribution >= 0.6 is 0 Å². The second-order valence-electron chi connectivity index (χ2n) is 6.18. The van der Waals surface area contributed by atoms with Crippen molar-refractivity contribution in [3.63, 3.8) is 0 Å². The normalized spacial score (nSPS) is 15.8. The minimum absolute atomic E-state index is 0.115. The fourth-order valence-electron chi connectivity index (χ4n) is 2.99. The molecule has 0 aromatic heterocycles. The molecule has 0 radical (unpaired) electrons. The number of carbonyl (C=O) groups is 1. The van der Waals surface area contributed by atoms with Crippen LogP contribution in [0, 0.1) is 5.82 Å². The lowest BCUT2D eigenvalue weighted by molar-refractivity contribution is 0.0697. The molecule has 1 aliphatic heterocycles. The van der Waals surface area contributed by atoms with E-state index in [1.54, 1.807) is 17.0 Å². The van der Waals surface area contributed by atoms with Crippen molar-refractivity contribution in [2.24, 2.45) is 0 Å². The molecule has 1 heterocycles. The van der Waals surface area contributed by atoms with Crippen LogP contribution in [0.1, 0.15) is 22.8 Å². The van der Waals surface area contributed by atoms with Gasteiger partial charge >= 0.3 is 0 Å². The standard InChI is InChI=1S/C19H21FN2O3S/c1-2-15-7-9-16(10-8-15)19(23)21-11-13-22(14-12-21)26(24,25)18-6-4-3-5-17(18)20/h3-10H,2,11-14H2,1H3. The molecule has 3 rings (SSSR count). The third-order valence-corrected chi connectivity index (χ3v) is 6.52. The number of rotatable bonds is 4. The number of carbonyl (C=O) groups excluding carboxylic acids is 1. The van der Waals surface area contributed by atoms with Gasteiger partial charge in [0.2, 0.25) is 10.0 Å². The summed E-state index contributed by atoms with van der Waals surface area (Å²) < 4.78 is 40.3. The van der Waals surface area contributed by atoms with Crippen LogP contribution in [0.2, 0.25) is 0 Å². The van der Waals surface area contributed by atoms with Gasteiger partial charge in [-0.3, -0.25) is 4.79 Å². The van der Waals surface area contributed by atoms with E-state index in [1.807, 2.05) is 19.1 Å². The van der Waals surface area contributed by atoms with Gasteiger partial charge in [0.25, 0.3) is 5.91 Å². The van der Waals surface area contributed by atoms with Crippen molar-refractivity contribution < 1.29 is 17.6 Å². The fraction of sp³-hybridized carbons (Fsp3) is 0.316. The third kappa shape index (κ3) is 3.64.